The van der Waals surface area contributed by atoms with Gasteiger partial charge in [-0.05, 0) is 60.7 Å². The number of aromatic nitrogens is 2. The Morgan fingerprint density at radius 1 is 0.548 bits per heavy atom. The van der Waals surface area contributed by atoms with Gasteiger partial charge in [0, 0.05) is 45.7 Å². The number of benzene rings is 4. The molecule has 8 heteroatoms. The van der Waals surface area contributed by atoms with Gasteiger partial charge in [0.2, 0.25) is 0 Å². The third-order valence-electron chi connectivity index (χ3n) is 6.99. The fraction of sp³-hybridized carbons (Fsp3) is 0.0588. The zero-order valence-electron chi connectivity index (χ0n) is 22.9. The minimum Gasteiger partial charge on any atom is -0.497 e. The van der Waals surface area contributed by atoms with Gasteiger partial charge in [0.1, 0.15) is 11.5 Å². The number of amides is 2. The number of hydrogen-bond acceptors (Lipinski definition) is 6. The van der Waals surface area contributed by atoms with Crippen LogP contribution in [0.4, 0.5) is 11.4 Å². The third kappa shape index (κ3) is 5.09. The van der Waals surface area contributed by atoms with Crippen molar-refractivity contribution >= 4 is 45.0 Å². The largest absolute Gasteiger partial charge is 0.497 e. The highest BCUT2D eigenvalue weighted by atomic mass is 16.5. The third-order valence-corrected chi connectivity index (χ3v) is 6.99. The number of carbonyl (C=O) groups excluding carboxylic acids is 2. The van der Waals surface area contributed by atoms with E-state index in [1.165, 1.54) is 0 Å². The van der Waals surface area contributed by atoms with Gasteiger partial charge in [-0.15, -0.1) is 0 Å². The van der Waals surface area contributed by atoms with E-state index < -0.39 is 0 Å². The summed E-state index contributed by atoms with van der Waals surface area (Å²) in [5.74, 6) is 0.669. The Kier molecular flexibility index (Phi) is 7.17. The molecule has 6 rings (SSSR count). The SMILES string of the molecule is COc1ccc(NC(=O)c2c(-c3cnc4ccccc4c3C(=O)Nc3ccc(OC)cc3)cnc3ccccc23)cc1. The number of pyridine rings is 2. The Labute approximate surface area is 242 Å². The molecule has 0 atom stereocenters. The predicted octanol–water partition coefficient (Wildman–Crippen LogP) is 6.97. The quantitative estimate of drug-likeness (QED) is 0.221. The van der Waals surface area contributed by atoms with E-state index in [1.54, 1.807) is 75.1 Å². The average molecular weight is 555 g/mol. The molecule has 0 aliphatic heterocycles. The molecule has 0 spiro atoms. The smallest absolute Gasteiger partial charge is 0.257 e. The zero-order chi connectivity index (χ0) is 29.1. The van der Waals surface area contributed by atoms with E-state index in [2.05, 4.69) is 20.6 Å². The van der Waals surface area contributed by atoms with Crippen LogP contribution < -0.4 is 20.1 Å². The standard InChI is InChI=1S/C34H26N4O4/c1-41-23-15-11-21(12-16-23)37-33(39)31-25-7-3-5-9-29(25)35-19-27(31)28-20-36-30-10-6-4-8-26(30)32(28)34(40)38-22-13-17-24(42-2)18-14-22/h3-20H,1-2H3,(H,37,39)(H,38,40). The van der Waals surface area contributed by atoms with E-state index in [0.29, 0.717) is 66.9 Å². The van der Waals surface area contributed by atoms with Crippen LogP contribution >= 0.6 is 0 Å². The maximum absolute atomic E-state index is 14.0. The fourth-order valence-corrected chi connectivity index (χ4v) is 4.92. The van der Waals surface area contributed by atoms with Crippen LogP contribution in [0.15, 0.2) is 109 Å². The van der Waals surface area contributed by atoms with Gasteiger partial charge >= 0.3 is 0 Å². The molecule has 0 saturated carbocycles. The van der Waals surface area contributed by atoms with Crippen LogP contribution in [0.25, 0.3) is 32.9 Å². The number of nitrogens with one attached hydrogen (secondary N) is 2. The highest BCUT2D eigenvalue weighted by molar-refractivity contribution is 6.21. The number of anilines is 2. The van der Waals surface area contributed by atoms with Crippen LogP contribution in [0, 0.1) is 0 Å². The fourth-order valence-electron chi connectivity index (χ4n) is 4.92. The van der Waals surface area contributed by atoms with Crippen LogP contribution in [0.1, 0.15) is 20.7 Å². The van der Waals surface area contributed by atoms with Crippen molar-refractivity contribution in [3.05, 3.63) is 121 Å². The highest BCUT2D eigenvalue weighted by Gasteiger charge is 2.24. The highest BCUT2D eigenvalue weighted by Crippen LogP contribution is 2.35. The maximum Gasteiger partial charge on any atom is 0.257 e. The predicted molar refractivity (Wildman–Crippen MR) is 164 cm³/mol. The summed E-state index contributed by atoms with van der Waals surface area (Å²) in [5.41, 5.74) is 4.23. The van der Waals surface area contributed by atoms with Crippen LogP contribution in [-0.4, -0.2) is 36.0 Å². The van der Waals surface area contributed by atoms with Crippen LogP contribution in [0.5, 0.6) is 11.5 Å². The summed E-state index contributed by atoms with van der Waals surface area (Å²) >= 11 is 0. The average Bonchev–Trinajstić information content (AvgIpc) is 3.04. The van der Waals surface area contributed by atoms with Crippen LogP contribution in [-0.2, 0) is 0 Å². The van der Waals surface area contributed by atoms with Gasteiger partial charge in [0.25, 0.3) is 11.8 Å². The summed E-state index contributed by atoms with van der Waals surface area (Å²) in [6.45, 7) is 0. The second-order valence-corrected chi connectivity index (χ2v) is 9.49. The number of nitrogens with zero attached hydrogens (tertiary/aromatic N) is 2. The normalized spacial score (nSPS) is 10.8. The summed E-state index contributed by atoms with van der Waals surface area (Å²) < 4.78 is 10.5. The molecule has 0 unspecified atom stereocenters. The van der Waals surface area contributed by atoms with Crippen molar-refractivity contribution in [2.75, 3.05) is 24.9 Å². The summed E-state index contributed by atoms with van der Waals surface area (Å²) in [4.78, 5) is 37.2. The van der Waals surface area contributed by atoms with Crippen molar-refractivity contribution in [1.29, 1.82) is 0 Å². The lowest BCUT2D eigenvalue weighted by molar-refractivity contribution is 0.101. The lowest BCUT2D eigenvalue weighted by Crippen LogP contribution is -2.17. The Bertz CT molecular complexity index is 1790. The molecule has 0 bridgehead atoms. The second-order valence-electron chi connectivity index (χ2n) is 9.49. The molecule has 0 saturated heterocycles. The van der Waals surface area contributed by atoms with Crippen molar-refractivity contribution in [3.8, 4) is 22.6 Å². The number of para-hydroxylation sites is 2. The first-order valence-electron chi connectivity index (χ1n) is 13.2. The van der Waals surface area contributed by atoms with E-state index in [4.69, 9.17) is 9.47 Å². The van der Waals surface area contributed by atoms with Gasteiger partial charge in [-0.25, -0.2) is 0 Å². The zero-order valence-corrected chi connectivity index (χ0v) is 22.9. The van der Waals surface area contributed by atoms with Crippen molar-refractivity contribution in [2.24, 2.45) is 0 Å². The van der Waals surface area contributed by atoms with Crippen LogP contribution in [0.3, 0.4) is 0 Å². The van der Waals surface area contributed by atoms with Crippen molar-refractivity contribution in [2.45, 2.75) is 0 Å². The van der Waals surface area contributed by atoms with E-state index >= 15 is 0 Å². The number of hydrogen-bond donors (Lipinski definition) is 2. The number of methoxy groups -OCH3 is 2. The molecule has 2 amide bonds. The molecule has 42 heavy (non-hydrogen) atoms. The first kappa shape index (κ1) is 26.5. The molecule has 0 radical (unpaired) electrons. The summed E-state index contributed by atoms with van der Waals surface area (Å²) in [6.07, 6.45) is 3.25. The number of fused-ring (bicyclic) bond motifs is 2. The maximum atomic E-state index is 14.0. The van der Waals surface area contributed by atoms with Gasteiger partial charge in [0.15, 0.2) is 0 Å². The lowest BCUT2D eigenvalue weighted by Gasteiger charge is -2.17. The van der Waals surface area contributed by atoms with E-state index in [1.807, 2.05) is 48.5 Å². The minimum absolute atomic E-state index is 0.344. The molecule has 0 fully saturated rings. The molecule has 2 aromatic heterocycles. The molecule has 8 nitrogen and oxygen atoms in total. The summed E-state index contributed by atoms with van der Waals surface area (Å²) in [6, 6.07) is 29.0. The van der Waals surface area contributed by atoms with Crippen molar-refractivity contribution in [1.82, 2.24) is 9.97 Å². The molecule has 2 heterocycles. The van der Waals surface area contributed by atoms with Gasteiger partial charge in [-0.3, -0.25) is 19.6 Å². The van der Waals surface area contributed by atoms with E-state index in [0.717, 1.165) is 0 Å². The minimum atomic E-state index is -0.344. The Morgan fingerprint density at radius 2 is 0.929 bits per heavy atom. The van der Waals surface area contributed by atoms with Crippen molar-refractivity contribution in [3.63, 3.8) is 0 Å². The first-order chi connectivity index (χ1) is 20.6. The molecule has 4 aromatic carbocycles. The van der Waals surface area contributed by atoms with E-state index in [9.17, 15) is 9.59 Å². The molecule has 2 N–H and O–H groups in total. The molecule has 0 aliphatic carbocycles. The van der Waals surface area contributed by atoms with E-state index in [-0.39, 0.29) is 11.8 Å². The van der Waals surface area contributed by atoms with Gasteiger partial charge in [-0.1, -0.05) is 36.4 Å². The first-order valence-corrected chi connectivity index (χ1v) is 13.2. The van der Waals surface area contributed by atoms with Gasteiger partial charge in [0.05, 0.1) is 36.4 Å². The Morgan fingerprint density at radius 3 is 1.31 bits per heavy atom. The lowest BCUT2D eigenvalue weighted by atomic mass is 9.92. The van der Waals surface area contributed by atoms with Gasteiger partial charge < -0.3 is 20.1 Å². The van der Waals surface area contributed by atoms with Gasteiger partial charge in [-0.2, -0.15) is 0 Å². The second kappa shape index (κ2) is 11.4. The molecule has 6 aromatic rings. The van der Waals surface area contributed by atoms with Crippen molar-refractivity contribution < 1.29 is 19.1 Å². The summed E-state index contributed by atoms with van der Waals surface area (Å²) in [7, 11) is 3.17. The molecule has 0 aliphatic rings. The number of rotatable bonds is 7. The van der Waals surface area contributed by atoms with Crippen LogP contribution in [0.2, 0.25) is 0 Å². The number of ether oxygens (including phenoxy) is 2. The topological polar surface area (TPSA) is 102 Å². The Balaban J connectivity index is 1.51. The molecule has 206 valence electrons. The molecular weight excluding hydrogens is 528 g/mol. The summed E-state index contributed by atoms with van der Waals surface area (Å²) in [5, 5.41) is 7.28. The number of carbonyl (C=O) groups is 2. The monoisotopic (exact) mass is 554 g/mol. The molecular formula is C34H26N4O4. The Hall–Kier alpha value is -5.76.